The summed E-state index contributed by atoms with van der Waals surface area (Å²) in [5.74, 6) is 5.92. The van der Waals surface area contributed by atoms with Crippen LogP contribution in [0.3, 0.4) is 0 Å². The second-order valence-electron chi connectivity index (χ2n) is 4.22. The van der Waals surface area contributed by atoms with Gasteiger partial charge in [-0.25, -0.2) is 4.39 Å². The quantitative estimate of drug-likeness (QED) is 0.788. The Morgan fingerprint density at radius 2 is 2.11 bits per heavy atom. The Morgan fingerprint density at radius 1 is 1.32 bits per heavy atom. The van der Waals surface area contributed by atoms with Crippen LogP contribution in [0.15, 0.2) is 18.2 Å². The molecule has 1 aromatic rings. The molecule has 19 heavy (non-hydrogen) atoms. The Balaban J connectivity index is 2.60. The summed E-state index contributed by atoms with van der Waals surface area (Å²) < 4.78 is 13.8. The van der Waals surface area contributed by atoms with E-state index in [0.717, 1.165) is 6.42 Å². The molecule has 1 atom stereocenters. The fraction of sp³-hybridized carbons (Fsp3) is 0.467. The molecule has 0 heterocycles. The average Bonchev–Trinajstić information content (AvgIpc) is 2.38. The maximum absolute atomic E-state index is 13.8. The van der Waals surface area contributed by atoms with Crippen LogP contribution in [0.2, 0.25) is 0 Å². The first-order chi connectivity index (χ1) is 9.17. The van der Waals surface area contributed by atoms with Crippen molar-refractivity contribution in [2.24, 2.45) is 0 Å². The van der Waals surface area contributed by atoms with E-state index in [1.165, 1.54) is 6.07 Å². The molecule has 104 valence electrons. The minimum absolute atomic E-state index is 0.0208. The lowest BCUT2D eigenvalue weighted by atomic mass is 10.1. The summed E-state index contributed by atoms with van der Waals surface area (Å²) in [6, 6.07) is 4.97. The maximum Gasteiger partial charge on any atom is 0.128 e. The smallest absolute Gasteiger partial charge is 0.128 e. The first-order valence-electron chi connectivity index (χ1n) is 6.28. The molecular weight excluding hydrogens is 263 g/mol. The zero-order valence-corrected chi connectivity index (χ0v) is 11.8. The van der Waals surface area contributed by atoms with Crippen molar-refractivity contribution < 1.29 is 14.6 Å². The van der Waals surface area contributed by atoms with Gasteiger partial charge in [0, 0.05) is 29.6 Å². The van der Waals surface area contributed by atoms with E-state index in [1.54, 1.807) is 23.9 Å². The number of benzene rings is 1. The summed E-state index contributed by atoms with van der Waals surface area (Å²) >= 11 is 1.63. The van der Waals surface area contributed by atoms with Crippen molar-refractivity contribution in [1.82, 2.24) is 0 Å². The van der Waals surface area contributed by atoms with Gasteiger partial charge in [0.25, 0.3) is 0 Å². The average molecular weight is 282 g/mol. The van der Waals surface area contributed by atoms with Crippen molar-refractivity contribution in [3.8, 4) is 11.8 Å². The summed E-state index contributed by atoms with van der Waals surface area (Å²) in [4.78, 5) is 0. The number of aliphatic hydroxyl groups excluding tert-OH is 2. The largest absolute Gasteiger partial charge is 0.396 e. The summed E-state index contributed by atoms with van der Waals surface area (Å²) in [6.45, 7) is 2.20. The van der Waals surface area contributed by atoms with Crippen molar-refractivity contribution in [2.45, 2.75) is 30.8 Å². The highest BCUT2D eigenvalue weighted by molar-refractivity contribution is 7.99. The molecular formula is C15H19FO2S. The fourth-order valence-corrected chi connectivity index (χ4v) is 2.43. The van der Waals surface area contributed by atoms with E-state index in [-0.39, 0.29) is 19.0 Å². The van der Waals surface area contributed by atoms with E-state index >= 15 is 0 Å². The standard InChI is InChI=1S/C15H19FO2S/c1-12(7-9-18)19-11-14-6-5-13(10-15(14)16)4-2-3-8-17/h5-6,10,12,17-18H,3,7-9,11H2,1H3. The van der Waals surface area contributed by atoms with Crippen molar-refractivity contribution >= 4 is 11.8 Å². The van der Waals surface area contributed by atoms with Crippen LogP contribution in [-0.4, -0.2) is 28.7 Å². The van der Waals surface area contributed by atoms with Gasteiger partial charge in [-0.2, -0.15) is 11.8 Å². The Labute approximate surface area is 118 Å². The van der Waals surface area contributed by atoms with Gasteiger partial charge in [-0.3, -0.25) is 0 Å². The van der Waals surface area contributed by atoms with Gasteiger partial charge in [-0.1, -0.05) is 24.8 Å². The highest BCUT2D eigenvalue weighted by Crippen LogP contribution is 2.22. The molecule has 0 aliphatic carbocycles. The highest BCUT2D eigenvalue weighted by atomic mass is 32.2. The van der Waals surface area contributed by atoms with Gasteiger partial charge in [0.15, 0.2) is 0 Å². The van der Waals surface area contributed by atoms with Gasteiger partial charge >= 0.3 is 0 Å². The topological polar surface area (TPSA) is 40.5 Å². The molecule has 4 heteroatoms. The SMILES string of the molecule is CC(CCO)SCc1ccc(C#CCCO)cc1F. The monoisotopic (exact) mass is 282 g/mol. The zero-order valence-electron chi connectivity index (χ0n) is 11.0. The Kier molecular flexibility index (Phi) is 7.57. The molecule has 0 fully saturated rings. The summed E-state index contributed by atoms with van der Waals surface area (Å²) in [5, 5.41) is 17.7. The minimum atomic E-state index is -0.250. The summed E-state index contributed by atoms with van der Waals surface area (Å²) in [5.41, 5.74) is 1.28. The third-order valence-electron chi connectivity index (χ3n) is 2.58. The van der Waals surface area contributed by atoms with Gasteiger partial charge in [-0.15, -0.1) is 0 Å². The first-order valence-corrected chi connectivity index (χ1v) is 7.33. The molecule has 1 unspecified atom stereocenters. The lowest BCUT2D eigenvalue weighted by molar-refractivity contribution is 0.289. The van der Waals surface area contributed by atoms with Crippen LogP contribution in [0.4, 0.5) is 4.39 Å². The van der Waals surface area contributed by atoms with Crippen molar-refractivity contribution in [1.29, 1.82) is 0 Å². The van der Waals surface area contributed by atoms with Crippen LogP contribution < -0.4 is 0 Å². The first kappa shape index (κ1) is 16.0. The molecule has 0 saturated heterocycles. The van der Waals surface area contributed by atoms with E-state index < -0.39 is 0 Å². The number of hydrogen-bond donors (Lipinski definition) is 2. The molecule has 0 saturated carbocycles. The van der Waals surface area contributed by atoms with Crippen LogP contribution >= 0.6 is 11.8 Å². The molecule has 0 aromatic heterocycles. The van der Waals surface area contributed by atoms with E-state index in [0.29, 0.717) is 28.6 Å². The minimum Gasteiger partial charge on any atom is -0.396 e. The predicted molar refractivity (Wildman–Crippen MR) is 77.4 cm³/mol. The third kappa shape index (κ3) is 6.11. The molecule has 2 nitrogen and oxygen atoms in total. The summed E-state index contributed by atoms with van der Waals surface area (Å²) in [7, 11) is 0. The van der Waals surface area contributed by atoms with E-state index in [2.05, 4.69) is 11.8 Å². The summed E-state index contributed by atoms with van der Waals surface area (Å²) in [6.07, 6.45) is 1.12. The predicted octanol–water partition coefficient (Wildman–Crippen LogP) is 2.56. The Morgan fingerprint density at radius 3 is 2.74 bits per heavy atom. The molecule has 0 aliphatic heterocycles. The fourth-order valence-electron chi connectivity index (χ4n) is 1.46. The number of halogens is 1. The molecule has 2 N–H and O–H groups in total. The molecule has 0 amide bonds. The van der Waals surface area contributed by atoms with Crippen LogP contribution in [0.25, 0.3) is 0 Å². The Bertz CT molecular complexity index is 451. The third-order valence-corrected chi connectivity index (χ3v) is 3.86. The van der Waals surface area contributed by atoms with Crippen LogP contribution in [0.1, 0.15) is 30.9 Å². The number of thioether (sulfide) groups is 1. The van der Waals surface area contributed by atoms with Crippen LogP contribution in [-0.2, 0) is 5.75 Å². The molecule has 1 rings (SSSR count). The van der Waals surface area contributed by atoms with Gasteiger partial charge in [0.1, 0.15) is 5.82 Å². The van der Waals surface area contributed by atoms with Crippen LogP contribution in [0.5, 0.6) is 0 Å². The van der Waals surface area contributed by atoms with Gasteiger partial charge < -0.3 is 10.2 Å². The lowest BCUT2D eigenvalue weighted by Gasteiger charge is -2.09. The molecule has 0 aliphatic rings. The Hall–Kier alpha value is -1.02. The van der Waals surface area contributed by atoms with E-state index in [1.807, 2.05) is 6.92 Å². The number of rotatable bonds is 6. The van der Waals surface area contributed by atoms with Crippen molar-refractivity contribution in [3.05, 3.63) is 35.1 Å². The zero-order chi connectivity index (χ0) is 14.1. The normalized spacial score (nSPS) is 11.8. The molecule has 0 spiro atoms. The van der Waals surface area contributed by atoms with Crippen molar-refractivity contribution in [3.63, 3.8) is 0 Å². The molecule has 0 radical (unpaired) electrons. The second-order valence-corrected chi connectivity index (χ2v) is 5.64. The number of aliphatic hydroxyl groups is 2. The van der Waals surface area contributed by atoms with E-state index in [9.17, 15) is 4.39 Å². The number of hydrogen-bond acceptors (Lipinski definition) is 3. The van der Waals surface area contributed by atoms with E-state index in [4.69, 9.17) is 10.2 Å². The van der Waals surface area contributed by atoms with Crippen molar-refractivity contribution in [2.75, 3.05) is 13.2 Å². The maximum atomic E-state index is 13.8. The molecule has 1 aromatic carbocycles. The van der Waals surface area contributed by atoms with Gasteiger partial charge in [0.2, 0.25) is 0 Å². The molecule has 0 bridgehead atoms. The van der Waals surface area contributed by atoms with Gasteiger partial charge in [0.05, 0.1) is 6.61 Å². The second kappa shape index (κ2) is 8.98. The van der Waals surface area contributed by atoms with Gasteiger partial charge in [-0.05, 0) is 24.1 Å². The highest BCUT2D eigenvalue weighted by Gasteiger charge is 2.06. The van der Waals surface area contributed by atoms with Crippen LogP contribution in [0, 0.1) is 17.7 Å². The lowest BCUT2D eigenvalue weighted by Crippen LogP contribution is -2.00.